The van der Waals surface area contributed by atoms with Gasteiger partial charge in [0.25, 0.3) is 0 Å². The number of aromatic nitrogens is 3. The number of carbonyl (C=O) groups is 1. The molecule has 28 heavy (non-hydrogen) atoms. The van der Waals surface area contributed by atoms with E-state index in [1.165, 1.54) is 5.56 Å². The van der Waals surface area contributed by atoms with E-state index in [4.69, 9.17) is 5.10 Å². The largest absolute Gasteiger partial charge is 0.350 e. The van der Waals surface area contributed by atoms with Gasteiger partial charge in [-0.2, -0.15) is 5.10 Å². The first kappa shape index (κ1) is 19.8. The minimum atomic E-state index is -0.307. The SMILES string of the molecule is Cc1cccc(-n2nc(C(C)(C)C)cc2CNC(=O)C(C)c2ccccn2)c1. The summed E-state index contributed by atoms with van der Waals surface area (Å²) in [6.45, 7) is 10.8. The highest BCUT2D eigenvalue weighted by Gasteiger charge is 2.22. The van der Waals surface area contributed by atoms with Gasteiger partial charge < -0.3 is 5.32 Å². The summed E-state index contributed by atoms with van der Waals surface area (Å²) in [5, 5.41) is 7.87. The molecular weight excluding hydrogens is 348 g/mol. The van der Waals surface area contributed by atoms with Crippen LogP contribution in [0.4, 0.5) is 0 Å². The molecule has 146 valence electrons. The van der Waals surface area contributed by atoms with Crippen LogP contribution in [0.25, 0.3) is 5.69 Å². The highest BCUT2D eigenvalue weighted by molar-refractivity contribution is 5.82. The molecule has 0 bridgehead atoms. The number of amides is 1. The molecule has 5 heteroatoms. The molecule has 0 aliphatic heterocycles. The molecule has 0 aliphatic carbocycles. The maximum Gasteiger partial charge on any atom is 0.229 e. The molecule has 1 aromatic carbocycles. The Morgan fingerprint density at radius 2 is 1.93 bits per heavy atom. The second kappa shape index (κ2) is 7.97. The van der Waals surface area contributed by atoms with Crippen molar-refractivity contribution in [1.29, 1.82) is 0 Å². The van der Waals surface area contributed by atoms with E-state index >= 15 is 0 Å². The summed E-state index contributed by atoms with van der Waals surface area (Å²) < 4.78 is 1.93. The van der Waals surface area contributed by atoms with E-state index in [1.807, 2.05) is 41.9 Å². The van der Waals surface area contributed by atoms with Crippen molar-refractivity contribution in [3.8, 4) is 5.69 Å². The van der Waals surface area contributed by atoms with Crippen molar-refractivity contribution in [2.24, 2.45) is 0 Å². The van der Waals surface area contributed by atoms with Crippen LogP contribution in [-0.2, 0) is 16.8 Å². The van der Waals surface area contributed by atoms with Gasteiger partial charge in [-0.05, 0) is 49.7 Å². The van der Waals surface area contributed by atoms with Gasteiger partial charge in [0.1, 0.15) is 0 Å². The average Bonchev–Trinajstić information content (AvgIpc) is 3.11. The molecule has 3 rings (SSSR count). The van der Waals surface area contributed by atoms with Crippen LogP contribution in [0.2, 0.25) is 0 Å². The summed E-state index contributed by atoms with van der Waals surface area (Å²) in [7, 11) is 0. The lowest BCUT2D eigenvalue weighted by atomic mass is 9.92. The summed E-state index contributed by atoms with van der Waals surface area (Å²) in [5.41, 5.74) is 4.81. The van der Waals surface area contributed by atoms with Gasteiger partial charge in [-0.15, -0.1) is 0 Å². The number of aryl methyl sites for hydroxylation is 1. The maximum atomic E-state index is 12.6. The zero-order valence-corrected chi connectivity index (χ0v) is 17.2. The Morgan fingerprint density at radius 3 is 2.57 bits per heavy atom. The van der Waals surface area contributed by atoms with Crippen LogP contribution in [0.1, 0.15) is 56.3 Å². The molecule has 0 saturated heterocycles. The molecule has 3 aromatic rings. The molecule has 0 saturated carbocycles. The number of carbonyl (C=O) groups excluding carboxylic acids is 1. The molecule has 2 heterocycles. The van der Waals surface area contributed by atoms with E-state index < -0.39 is 0 Å². The van der Waals surface area contributed by atoms with Gasteiger partial charge in [-0.25, -0.2) is 4.68 Å². The fraction of sp³-hybridized carbons (Fsp3) is 0.348. The van der Waals surface area contributed by atoms with Crippen LogP contribution in [0.15, 0.2) is 54.7 Å². The van der Waals surface area contributed by atoms with Gasteiger partial charge in [0.2, 0.25) is 5.91 Å². The van der Waals surface area contributed by atoms with Crippen molar-refractivity contribution in [3.05, 3.63) is 77.4 Å². The van der Waals surface area contributed by atoms with Gasteiger partial charge in [0, 0.05) is 11.6 Å². The van der Waals surface area contributed by atoms with Crippen molar-refractivity contribution in [2.75, 3.05) is 0 Å². The number of rotatable bonds is 5. The van der Waals surface area contributed by atoms with Crippen LogP contribution < -0.4 is 5.32 Å². The Labute approximate surface area is 166 Å². The first-order valence-electron chi connectivity index (χ1n) is 9.61. The second-order valence-electron chi connectivity index (χ2n) is 8.22. The smallest absolute Gasteiger partial charge is 0.229 e. The standard InChI is InChI=1S/C23H28N4O/c1-16-9-8-10-18(13-16)27-19(14-21(26-27)23(3,4)5)15-25-22(28)17(2)20-11-6-7-12-24-20/h6-14,17H,15H2,1-5H3,(H,25,28). The third-order valence-corrected chi connectivity index (χ3v) is 4.77. The van der Waals surface area contributed by atoms with Crippen LogP contribution in [0.5, 0.6) is 0 Å². The first-order chi connectivity index (χ1) is 13.3. The summed E-state index contributed by atoms with van der Waals surface area (Å²) >= 11 is 0. The molecule has 1 unspecified atom stereocenters. The van der Waals surface area contributed by atoms with E-state index in [9.17, 15) is 4.79 Å². The molecule has 1 N–H and O–H groups in total. The Bertz CT molecular complexity index is 954. The molecular formula is C23H28N4O. The van der Waals surface area contributed by atoms with Crippen LogP contribution in [0.3, 0.4) is 0 Å². The predicted molar refractivity (Wildman–Crippen MR) is 111 cm³/mol. The molecule has 1 amide bonds. The van der Waals surface area contributed by atoms with E-state index in [-0.39, 0.29) is 17.2 Å². The lowest BCUT2D eigenvalue weighted by Crippen LogP contribution is -2.28. The number of hydrogen-bond donors (Lipinski definition) is 1. The zero-order chi connectivity index (χ0) is 20.3. The zero-order valence-electron chi connectivity index (χ0n) is 17.2. The number of hydrogen-bond acceptors (Lipinski definition) is 3. The molecule has 0 fully saturated rings. The third-order valence-electron chi connectivity index (χ3n) is 4.77. The van der Waals surface area contributed by atoms with Crippen LogP contribution >= 0.6 is 0 Å². The monoisotopic (exact) mass is 376 g/mol. The normalized spacial score (nSPS) is 12.6. The second-order valence-corrected chi connectivity index (χ2v) is 8.22. The topological polar surface area (TPSA) is 59.8 Å². The van der Waals surface area contributed by atoms with Crippen molar-refractivity contribution < 1.29 is 4.79 Å². The minimum absolute atomic E-state index is 0.0481. The number of pyridine rings is 1. The summed E-state index contributed by atoms with van der Waals surface area (Å²) in [6, 6.07) is 15.9. The van der Waals surface area contributed by atoms with Crippen molar-refractivity contribution in [1.82, 2.24) is 20.1 Å². The third kappa shape index (κ3) is 4.47. The molecule has 5 nitrogen and oxygen atoms in total. The number of nitrogens with one attached hydrogen (secondary N) is 1. The summed E-state index contributed by atoms with van der Waals surface area (Å²) in [4.78, 5) is 16.9. The van der Waals surface area contributed by atoms with Gasteiger partial charge in [-0.1, -0.05) is 39.0 Å². The Hall–Kier alpha value is -2.95. The van der Waals surface area contributed by atoms with Gasteiger partial charge in [0.05, 0.1) is 35.2 Å². The van der Waals surface area contributed by atoms with Gasteiger partial charge in [-0.3, -0.25) is 9.78 Å². The van der Waals surface area contributed by atoms with E-state index in [2.05, 4.69) is 56.2 Å². The van der Waals surface area contributed by atoms with Crippen LogP contribution in [-0.4, -0.2) is 20.7 Å². The fourth-order valence-electron chi connectivity index (χ4n) is 2.99. The van der Waals surface area contributed by atoms with E-state index in [1.54, 1.807) is 6.20 Å². The maximum absolute atomic E-state index is 12.6. The quantitative estimate of drug-likeness (QED) is 0.722. The van der Waals surface area contributed by atoms with Crippen molar-refractivity contribution in [3.63, 3.8) is 0 Å². The molecule has 0 spiro atoms. The van der Waals surface area contributed by atoms with Gasteiger partial charge >= 0.3 is 0 Å². The molecule has 1 atom stereocenters. The Balaban J connectivity index is 1.84. The lowest BCUT2D eigenvalue weighted by molar-refractivity contribution is -0.122. The van der Waals surface area contributed by atoms with Crippen molar-refractivity contribution in [2.45, 2.75) is 52.5 Å². The molecule has 0 radical (unpaired) electrons. The lowest BCUT2D eigenvalue weighted by Gasteiger charge is -2.14. The first-order valence-corrected chi connectivity index (χ1v) is 9.61. The Kier molecular flexibility index (Phi) is 5.63. The molecule has 2 aromatic heterocycles. The van der Waals surface area contributed by atoms with Gasteiger partial charge in [0.15, 0.2) is 0 Å². The fourth-order valence-corrected chi connectivity index (χ4v) is 2.99. The van der Waals surface area contributed by atoms with Crippen molar-refractivity contribution >= 4 is 5.91 Å². The Morgan fingerprint density at radius 1 is 1.14 bits per heavy atom. The summed E-state index contributed by atoms with van der Waals surface area (Å²) in [6.07, 6.45) is 1.71. The minimum Gasteiger partial charge on any atom is -0.350 e. The average molecular weight is 377 g/mol. The highest BCUT2D eigenvalue weighted by atomic mass is 16.1. The predicted octanol–water partition coefficient (Wildman–Crippen LogP) is 4.29. The van der Waals surface area contributed by atoms with Crippen LogP contribution in [0, 0.1) is 6.92 Å². The highest BCUT2D eigenvalue weighted by Crippen LogP contribution is 2.24. The summed E-state index contributed by atoms with van der Waals surface area (Å²) in [5.74, 6) is -0.355. The number of nitrogens with zero attached hydrogens (tertiary/aromatic N) is 3. The number of benzene rings is 1. The van der Waals surface area contributed by atoms with E-state index in [0.717, 1.165) is 22.8 Å². The van der Waals surface area contributed by atoms with E-state index in [0.29, 0.717) is 6.54 Å². The molecule has 0 aliphatic rings.